The lowest BCUT2D eigenvalue weighted by molar-refractivity contribution is -0.117. The van der Waals surface area contributed by atoms with E-state index in [-0.39, 0.29) is 5.78 Å². The summed E-state index contributed by atoms with van der Waals surface area (Å²) in [5.41, 5.74) is 1.00. The molecular weight excluding hydrogens is 190 g/mol. The maximum Gasteiger partial charge on any atom is 0.150 e. The van der Waals surface area contributed by atoms with Crippen LogP contribution in [0.3, 0.4) is 0 Å². The van der Waals surface area contributed by atoms with Gasteiger partial charge in [-0.25, -0.2) is 0 Å². The van der Waals surface area contributed by atoms with E-state index < -0.39 is 0 Å². The number of ether oxygens (including phenoxy) is 1. The second kappa shape index (κ2) is 6.19. The zero-order valence-electron chi connectivity index (χ0n) is 9.25. The van der Waals surface area contributed by atoms with Crippen molar-refractivity contribution in [1.82, 2.24) is 5.32 Å². The number of likely N-dealkylation sites (N-methyl/N-ethyl adjacent to an activating group) is 1. The van der Waals surface area contributed by atoms with E-state index in [0.717, 1.165) is 11.3 Å². The SMILES string of the molecule is CCOc1cccc(CC(=O)CNC)c1. The van der Waals surface area contributed by atoms with Crippen molar-refractivity contribution in [1.29, 1.82) is 0 Å². The van der Waals surface area contributed by atoms with Crippen molar-refractivity contribution in [3.63, 3.8) is 0 Å². The van der Waals surface area contributed by atoms with Crippen molar-refractivity contribution in [2.75, 3.05) is 20.2 Å². The van der Waals surface area contributed by atoms with Crippen molar-refractivity contribution < 1.29 is 9.53 Å². The number of carbonyl (C=O) groups excluding carboxylic acids is 1. The zero-order valence-corrected chi connectivity index (χ0v) is 9.25. The molecule has 0 fully saturated rings. The molecule has 82 valence electrons. The minimum Gasteiger partial charge on any atom is -0.494 e. The zero-order chi connectivity index (χ0) is 11.1. The van der Waals surface area contributed by atoms with Gasteiger partial charge in [-0.1, -0.05) is 12.1 Å². The van der Waals surface area contributed by atoms with Crippen LogP contribution in [0.2, 0.25) is 0 Å². The van der Waals surface area contributed by atoms with Crippen molar-refractivity contribution >= 4 is 5.78 Å². The lowest BCUT2D eigenvalue weighted by atomic mass is 10.1. The third-order valence-corrected chi connectivity index (χ3v) is 1.98. The van der Waals surface area contributed by atoms with Crippen LogP contribution in [0.5, 0.6) is 5.75 Å². The van der Waals surface area contributed by atoms with Gasteiger partial charge in [-0.15, -0.1) is 0 Å². The van der Waals surface area contributed by atoms with E-state index >= 15 is 0 Å². The normalized spacial score (nSPS) is 10.0. The van der Waals surface area contributed by atoms with Gasteiger partial charge in [0.2, 0.25) is 0 Å². The monoisotopic (exact) mass is 207 g/mol. The Bertz CT molecular complexity index is 323. The molecule has 0 atom stereocenters. The third-order valence-electron chi connectivity index (χ3n) is 1.98. The molecule has 0 unspecified atom stereocenters. The number of hydrogen-bond donors (Lipinski definition) is 1. The first kappa shape index (κ1) is 11.7. The molecule has 0 saturated heterocycles. The van der Waals surface area contributed by atoms with Crippen molar-refractivity contribution in [2.45, 2.75) is 13.3 Å². The molecule has 1 rings (SSSR count). The minimum atomic E-state index is 0.186. The fourth-order valence-corrected chi connectivity index (χ4v) is 1.40. The van der Waals surface area contributed by atoms with Crippen LogP contribution >= 0.6 is 0 Å². The molecule has 0 bridgehead atoms. The molecule has 0 radical (unpaired) electrons. The molecular formula is C12H17NO2. The summed E-state index contributed by atoms with van der Waals surface area (Å²) >= 11 is 0. The minimum absolute atomic E-state index is 0.186. The summed E-state index contributed by atoms with van der Waals surface area (Å²) in [5, 5.41) is 2.85. The maximum absolute atomic E-state index is 11.4. The summed E-state index contributed by atoms with van der Waals surface area (Å²) in [6.07, 6.45) is 0.460. The van der Waals surface area contributed by atoms with Gasteiger partial charge in [0.25, 0.3) is 0 Å². The van der Waals surface area contributed by atoms with Crippen LogP contribution in [0.4, 0.5) is 0 Å². The molecule has 1 aromatic carbocycles. The molecule has 0 heterocycles. The Hall–Kier alpha value is -1.35. The highest BCUT2D eigenvalue weighted by Crippen LogP contribution is 2.13. The van der Waals surface area contributed by atoms with Gasteiger partial charge in [-0.3, -0.25) is 4.79 Å². The number of benzene rings is 1. The summed E-state index contributed by atoms with van der Waals surface area (Å²) in [4.78, 5) is 11.4. The molecule has 0 amide bonds. The Morgan fingerprint density at radius 2 is 2.27 bits per heavy atom. The molecule has 1 aromatic rings. The topological polar surface area (TPSA) is 38.3 Å². The van der Waals surface area contributed by atoms with Gasteiger partial charge in [-0.2, -0.15) is 0 Å². The van der Waals surface area contributed by atoms with Gasteiger partial charge < -0.3 is 10.1 Å². The Labute approximate surface area is 90.4 Å². The average Bonchev–Trinajstić information content (AvgIpc) is 2.19. The Morgan fingerprint density at radius 1 is 1.47 bits per heavy atom. The van der Waals surface area contributed by atoms with Gasteiger partial charge in [0, 0.05) is 6.42 Å². The summed E-state index contributed by atoms with van der Waals surface area (Å²) in [7, 11) is 1.77. The van der Waals surface area contributed by atoms with E-state index in [1.807, 2.05) is 31.2 Å². The molecule has 0 aliphatic rings. The van der Waals surface area contributed by atoms with Gasteiger partial charge in [0.05, 0.1) is 13.2 Å². The summed E-state index contributed by atoms with van der Waals surface area (Å²) in [6, 6.07) is 7.66. The predicted octanol–water partition coefficient (Wildman–Crippen LogP) is 1.42. The van der Waals surface area contributed by atoms with E-state index in [1.54, 1.807) is 7.05 Å². The highest BCUT2D eigenvalue weighted by atomic mass is 16.5. The van der Waals surface area contributed by atoms with E-state index in [4.69, 9.17) is 4.74 Å². The van der Waals surface area contributed by atoms with Crippen molar-refractivity contribution in [3.8, 4) is 5.75 Å². The van der Waals surface area contributed by atoms with Gasteiger partial charge in [0.1, 0.15) is 5.75 Å². The largest absolute Gasteiger partial charge is 0.494 e. The van der Waals surface area contributed by atoms with Gasteiger partial charge in [-0.05, 0) is 31.7 Å². The summed E-state index contributed by atoms with van der Waals surface area (Å²) < 4.78 is 5.36. The van der Waals surface area contributed by atoms with Crippen molar-refractivity contribution in [2.24, 2.45) is 0 Å². The average molecular weight is 207 g/mol. The number of ketones is 1. The number of nitrogens with one attached hydrogen (secondary N) is 1. The van der Waals surface area contributed by atoms with Crippen LogP contribution in [0.25, 0.3) is 0 Å². The number of rotatable bonds is 6. The van der Waals surface area contributed by atoms with Crippen LogP contribution in [0, 0.1) is 0 Å². The lowest BCUT2D eigenvalue weighted by Gasteiger charge is -2.05. The van der Waals surface area contributed by atoms with E-state index in [1.165, 1.54) is 0 Å². The molecule has 0 aromatic heterocycles. The summed E-state index contributed by atoms with van der Waals surface area (Å²) in [6.45, 7) is 3.01. The van der Waals surface area contributed by atoms with Crippen LogP contribution in [-0.2, 0) is 11.2 Å². The van der Waals surface area contributed by atoms with Crippen molar-refractivity contribution in [3.05, 3.63) is 29.8 Å². The van der Waals surface area contributed by atoms with Crippen LogP contribution in [0.15, 0.2) is 24.3 Å². The maximum atomic E-state index is 11.4. The van der Waals surface area contributed by atoms with E-state index in [9.17, 15) is 4.79 Å². The standard InChI is InChI=1S/C12H17NO2/c1-3-15-12-6-4-5-10(8-12)7-11(14)9-13-2/h4-6,8,13H,3,7,9H2,1-2H3. The molecule has 0 saturated carbocycles. The second-order valence-electron chi connectivity index (χ2n) is 3.33. The second-order valence-corrected chi connectivity index (χ2v) is 3.33. The Kier molecular flexibility index (Phi) is 4.84. The third kappa shape index (κ3) is 4.13. The Morgan fingerprint density at radius 3 is 2.93 bits per heavy atom. The van der Waals surface area contributed by atoms with Crippen LogP contribution in [-0.4, -0.2) is 26.0 Å². The number of carbonyl (C=O) groups is 1. The highest BCUT2D eigenvalue weighted by Gasteiger charge is 2.03. The predicted molar refractivity (Wildman–Crippen MR) is 60.2 cm³/mol. The fourth-order valence-electron chi connectivity index (χ4n) is 1.40. The van der Waals surface area contributed by atoms with Crippen LogP contribution < -0.4 is 10.1 Å². The Balaban J connectivity index is 2.60. The van der Waals surface area contributed by atoms with Gasteiger partial charge in [0.15, 0.2) is 5.78 Å². The summed E-state index contributed by atoms with van der Waals surface area (Å²) in [5.74, 6) is 1.01. The number of Topliss-reactive ketones (excluding diaryl/α,β-unsaturated/α-hetero) is 1. The first-order valence-corrected chi connectivity index (χ1v) is 5.14. The molecule has 3 nitrogen and oxygen atoms in total. The van der Waals surface area contributed by atoms with E-state index in [2.05, 4.69) is 5.32 Å². The van der Waals surface area contributed by atoms with Crippen LogP contribution in [0.1, 0.15) is 12.5 Å². The number of hydrogen-bond acceptors (Lipinski definition) is 3. The first-order valence-electron chi connectivity index (χ1n) is 5.14. The highest BCUT2D eigenvalue weighted by molar-refractivity contribution is 5.82. The molecule has 15 heavy (non-hydrogen) atoms. The quantitative estimate of drug-likeness (QED) is 0.766. The molecule has 0 aliphatic heterocycles. The van der Waals surface area contributed by atoms with E-state index in [0.29, 0.717) is 19.6 Å². The molecule has 0 aliphatic carbocycles. The smallest absolute Gasteiger partial charge is 0.150 e. The molecule has 3 heteroatoms. The molecule has 1 N–H and O–H groups in total. The van der Waals surface area contributed by atoms with Gasteiger partial charge >= 0.3 is 0 Å². The first-order chi connectivity index (χ1) is 7.26. The fraction of sp³-hybridized carbons (Fsp3) is 0.417. The molecule has 0 spiro atoms. The lowest BCUT2D eigenvalue weighted by Crippen LogP contribution is -2.20.